The fourth-order valence-electron chi connectivity index (χ4n) is 1.69. The molecular weight excluding hydrogens is 268 g/mol. The molecule has 0 aliphatic carbocycles. The monoisotopic (exact) mass is 283 g/mol. The Bertz CT molecular complexity index is 583. The quantitative estimate of drug-likeness (QED) is 0.840. The maximum Gasteiger partial charge on any atom is 0.151 e. The molecule has 1 atom stereocenters. The Hall–Kier alpha value is -1.69. The maximum absolute atomic E-state index is 13.3. The van der Waals surface area contributed by atoms with Gasteiger partial charge < -0.3 is 11.1 Å². The molecule has 0 saturated carbocycles. The SMILES string of the molecule is CCc1cnc(C(C)Nc2cc(F)cc(F)c2N)s1. The predicted octanol–water partition coefficient (Wildman–Crippen LogP) is 3.74. The lowest BCUT2D eigenvalue weighted by molar-refractivity contribution is 0.586. The third kappa shape index (κ3) is 3.01. The van der Waals surface area contributed by atoms with Gasteiger partial charge in [0.05, 0.1) is 17.4 Å². The van der Waals surface area contributed by atoms with Crippen molar-refractivity contribution in [2.24, 2.45) is 0 Å². The van der Waals surface area contributed by atoms with Crippen molar-refractivity contribution in [3.8, 4) is 0 Å². The van der Waals surface area contributed by atoms with E-state index < -0.39 is 11.6 Å². The molecule has 2 aromatic rings. The summed E-state index contributed by atoms with van der Waals surface area (Å²) in [4.78, 5) is 5.45. The number of hydrogen-bond donors (Lipinski definition) is 2. The van der Waals surface area contributed by atoms with E-state index >= 15 is 0 Å². The number of rotatable bonds is 4. The fourth-order valence-corrected chi connectivity index (χ4v) is 2.54. The van der Waals surface area contributed by atoms with Crippen LogP contribution in [0.5, 0.6) is 0 Å². The van der Waals surface area contributed by atoms with Gasteiger partial charge in [-0.3, -0.25) is 0 Å². The van der Waals surface area contributed by atoms with Gasteiger partial charge in [-0.15, -0.1) is 11.3 Å². The summed E-state index contributed by atoms with van der Waals surface area (Å²) in [5, 5.41) is 3.85. The van der Waals surface area contributed by atoms with Gasteiger partial charge in [-0.25, -0.2) is 13.8 Å². The van der Waals surface area contributed by atoms with Crippen LogP contribution >= 0.6 is 11.3 Å². The van der Waals surface area contributed by atoms with Gasteiger partial charge in [0.2, 0.25) is 0 Å². The van der Waals surface area contributed by atoms with Crippen LogP contribution < -0.4 is 11.1 Å². The number of anilines is 2. The zero-order chi connectivity index (χ0) is 14.0. The number of nitrogens with two attached hydrogens (primary N) is 1. The largest absolute Gasteiger partial charge is 0.395 e. The zero-order valence-corrected chi connectivity index (χ0v) is 11.5. The molecule has 6 heteroatoms. The third-order valence-corrected chi connectivity index (χ3v) is 4.08. The highest BCUT2D eigenvalue weighted by Crippen LogP contribution is 2.29. The van der Waals surface area contributed by atoms with Crippen molar-refractivity contribution in [1.82, 2.24) is 4.98 Å². The number of hydrogen-bond acceptors (Lipinski definition) is 4. The average Bonchev–Trinajstić information content (AvgIpc) is 2.84. The summed E-state index contributed by atoms with van der Waals surface area (Å²) in [5.41, 5.74) is 5.75. The third-order valence-electron chi connectivity index (χ3n) is 2.76. The molecule has 1 aromatic heterocycles. The Morgan fingerprint density at radius 2 is 2.16 bits per heavy atom. The summed E-state index contributed by atoms with van der Waals surface area (Å²) in [6.07, 6.45) is 2.73. The van der Waals surface area contributed by atoms with E-state index in [4.69, 9.17) is 5.73 Å². The number of benzene rings is 1. The van der Waals surface area contributed by atoms with Crippen LogP contribution in [0.3, 0.4) is 0 Å². The summed E-state index contributed by atoms with van der Waals surface area (Å²) in [5.74, 6) is -1.42. The van der Waals surface area contributed by atoms with Gasteiger partial charge in [-0.05, 0) is 19.4 Å². The Balaban J connectivity index is 2.21. The van der Waals surface area contributed by atoms with Gasteiger partial charge in [0, 0.05) is 17.1 Å². The minimum Gasteiger partial charge on any atom is -0.395 e. The number of aryl methyl sites for hydroxylation is 1. The van der Waals surface area contributed by atoms with E-state index in [1.807, 2.05) is 13.1 Å². The molecule has 0 fully saturated rings. The van der Waals surface area contributed by atoms with Crippen LogP contribution in [0.1, 0.15) is 29.8 Å². The van der Waals surface area contributed by atoms with Gasteiger partial charge in [0.15, 0.2) is 5.82 Å². The van der Waals surface area contributed by atoms with Crippen LogP contribution in [0.2, 0.25) is 0 Å². The lowest BCUT2D eigenvalue weighted by Crippen LogP contribution is -2.09. The smallest absolute Gasteiger partial charge is 0.151 e. The lowest BCUT2D eigenvalue weighted by Gasteiger charge is -2.15. The highest BCUT2D eigenvalue weighted by Gasteiger charge is 2.14. The van der Waals surface area contributed by atoms with Crippen LogP contribution in [-0.2, 0) is 6.42 Å². The second-order valence-corrected chi connectivity index (χ2v) is 5.38. The molecule has 1 aromatic carbocycles. The molecule has 102 valence electrons. The molecule has 0 aliphatic rings. The second kappa shape index (κ2) is 5.52. The van der Waals surface area contributed by atoms with Crippen LogP contribution in [0, 0.1) is 11.6 Å². The first-order valence-electron chi connectivity index (χ1n) is 5.97. The summed E-state index contributed by atoms with van der Waals surface area (Å²) in [7, 11) is 0. The molecular formula is C13H15F2N3S. The topological polar surface area (TPSA) is 50.9 Å². The summed E-state index contributed by atoms with van der Waals surface area (Å²) in [6.45, 7) is 3.93. The Morgan fingerprint density at radius 3 is 2.79 bits per heavy atom. The molecule has 1 heterocycles. The molecule has 3 nitrogen and oxygen atoms in total. The molecule has 0 saturated heterocycles. The Morgan fingerprint density at radius 1 is 1.42 bits per heavy atom. The zero-order valence-electron chi connectivity index (χ0n) is 10.7. The number of nitrogen functional groups attached to an aromatic ring is 1. The number of aromatic nitrogens is 1. The van der Waals surface area contributed by atoms with E-state index in [1.54, 1.807) is 11.3 Å². The summed E-state index contributed by atoms with van der Waals surface area (Å²) >= 11 is 1.57. The molecule has 1 unspecified atom stereocenters. The predicted molar refractivity (Wildman–Crippen MR) is 74.3 cm³/mol. The van der Waals surface area contributed by atoms with Crippen LogP contribution in [0.4, 0.5) is 20.2 Å². The van der Waals surface area contributed by atoms with Crippen molar-refractivity contribution >= 4 is 22.7 Å². The minimum absolute atomic E-state index is 0.0829. The number of nitrogens with one attached hydrogen (secondary N) is 1. The van der Waals surface area contributed by atoms with Crippen LogP contribution in [-0.4, -0.2) is 4.98 Å². The van der Waals surface area contributed by atoms with Gasteiger partial charge in [-0.1, -0.05) is 6.92 Å². The van der Waals surface area contributed by atoms with Crippen molar-refractivity contribution in [3.63, 3.8) is 0 Å². The first kappa shape index (κ1) is 13.7. The second-order valence-electron chi connectivity index (χ2n) is 4.23. The van der Waals surface area contributed by atoms with Gasteiger partial charge in [0.1, 0.15) is 10.8 Å². The highest BCUT2D eigenvalue weighted by atomic mass is 32.1. The molecule has 0 bridgehead atoms. The highest BCUT2D eigenvalue weighted by molar-refractivity contribution is 7.11. The van der Waals surface area contributed by atoms with Crippen molar-refractivity contribution in [2.75, 3.05) is 11.1 Å². The molecule has 3 N–H and O–H groups in total. The lowest BCUT2D eigenvalue weighted by atomic mass is 10.2. The number of thiazole rings is 1. The van der Waals surface area contributed by atoms with E-state index in [0.717, 1.165) is 17.5 Å². The molecule has 0 aliphatic heterocycles. The van der Waals surface area contributed by atoms with Crippen LogP contribution in [0.25, 0.3) is 0 Å². The first-order chi connectivity index (χ1) is 9.01. The fraction of sp³-hybridized carbons (Fsp3) is 0.308. The van der Waals surface area contributed by atoms with Gasteiger partial charge in [-0.2, -0.15) is 0 Å². The Labute approximate surface area is 114 Å². The summed E-state index contributed by atoms with van der Waals surface area (Å²) < 4.78 is 26.5. The average molecular weight is 283 g/mol. The van der Waals surface area contributed by atoms with E-state index in [2.05, 4.69) is 17.2 Å². The molecule has 0 amide bonds. The van der Waals surface area contributed by atoms with E-state index in [1.165, 1.54) is 10.9 Å². The van der Waals surface area contributed by atoms with Crippen molar-refractivity contribution in [1.29, 1.82) is 0 Å². The summed E-state index contributed by atoms with van der Waals surface area (Å²) in [6, 6.07) is 1.79. The van der Waals surface area contributed by atoms with E-state index in [-0.39, 0.29) is 17.4 Å². The molecule has 2 rings (SSSR count). The van der Waals surface area contributed by atoms with Gasteiger partial charge >= 0.3 is 0 Å². The van der Waals surface area contributed by atoms with Crippen LogP contribution in [0.15, 0.2) is 18.3 Å². The van der Waals surface area contributed by atoms with Crippen molar-refractivity contribution < 1.29 is 8.78 Å². The van der Waals surface area contributed by atoms with Crippen molar-refractivity contribution in [3.05, 3.63) is 39.8 Å². The van der Waals surface area contributed by atoms with E-state index in [0.29, 0.717) is 0 Å². The molecule has 19 heavy (non-hydrogen) atoms. The number of nitrogens with zero attached hydrogens (tertiary/aromatic N) is 1. The Kier molecular flexibility index (Phi) is 3.99. The van der Waals surface area contributed by atoms with E-state index in [9.17, 15) is 8.78 Å². The standard InChI is InChI=1S/C13H15F2N3S/c1-3-9-6-17-13(19-9)7(2)18-11-5-8(14)4-10(15)12(11)16/h4-7,18H,3,16H2,1-2H3. The van der Waals surface area contributed by atoms with Gasteiger partial charge in [0.25, 0.3) is 0 Å². The van der Waals surface area contributed by atoms with Crippen molar-refractivity contribution in [2.45, 2.75) is 26.3 Å². The maximum atomic E-state index is 13.3. The molecule has 0 spiro atoms. The first-order valence-corrected chi connectivity index (χ1v) is 6.78. The number of halogens is 2. The molecule has 0 radical (unpaired) electrons. The minimum atomic E-state index is -0.761. The normalized spacial score (nSPS) is 12.4.